The smallest absolute Gasteiger partial charge is 1.00 e. The van der Waals surface area contributed by atoms with Crippen molar-refractivity contribution in [3.8, 4) is 0 Å². The van der Waals surface area contributed by atoms with E-state index < -0.39 is 0 Å². The summed E-state index contributed by atoms with van der Waals surface area (Å²) in [4.78, 5) is 0. The largest absolute Gasteiger partial charge is 2.00 e. The van der Waals surface area contributed by atoms with Crippen LogP contribution in [-0.4, -0.2) is 46.1 Å². The Kier molecular flexibility index (Phi) is 51.2. The first kappa shape index (κ1) is 22.7. The van der Waals surface area contributed by atoms with E-state index in [9.17, 15) is 0 Å². The first-order valence-corrected chi connectivity index (χ1v) is 1.50. The van der Waals surface area contributed by atoms with Gasteiger partial charge in [0, 0.05) is 0 Å². The third-order valence-electron chi connectivity index (χ3n) is 0.354. The summed E-state index contributed by atoms with van der Waals surface area (Å²) in [5, 5.41) is 0. The quantitative estimate of drug-likeness (QED) is 0.378. The van der Waals surface area contributed by atoms with Gasteiger partial charge in [-0.15, -0.1) is 0 Å². The van der Waals surface area contributed by atoms with Gasteiger partial charge < -0.3 is 36.8 Å². The predicted octanol–water partition coefficient (Wildman–Crippen LogP) is -5.36. The van der Waals surface area contributed by atoms with Crippen molar-refractivity contribution in [2.75, 3.05) is 0 Å². The summed E-state index contributed by atoms with van der Waals surface area (Å²) >= 11 is 0. The van der Waals surface area contributed by atoms with Crippen molar-refractivity contribution in [2.24, 2.45) is 0 Å². The molecule has 1 aliphatic rings. The number of hydrogen-bond acceptors (Lipinski definition) is 0. The molecule has 0 radical (unpaired) electrons. The fourth-order valence-electron chi connectivity index (χ4n) is 0. The zero-order valence-electron chi connectivity index (χ0n) is 6.29. The van der Waals surface area contributed by atoms with E-state index in [4.69, 9.17) is 0 Å². The Hall–Kier alpha value is 2.49. The monoisotopic (exact) mass is 250 g/mol. The average Bonchev–Trinajstić information content (AvgIpc) is 1.46. The molecule has 4 heteroatoms. The first-order valence-electron chi connectivity index (χ1n) is 1.50. The summed E-state index contributed by atoms with van der Waals surface area (Å²) in [7, 11) is 0. The van der Waals surface area contributed by atoms with Gasteiger partial charge in [0.05, 0.1) is 0 Å². The zero-order chi connectivity index (χ0) is 2.12. The summed E-state index contributed by atoms with van der Waals surface area (Å²) in [5.41, 5.74) is 0. The van der Waals surface area contributed by atoms with Crippen LogP contribution in [0.15, 0.2) is 0 Å². The number of rotatable bonds is 0. The second-order valence-corrected chi connectivity index (χ2v) is 1.06. The summed E-state index contributed by atoms with van der Waals surface area (Å²) in [6, 6.07) is 0. The normalized spacial score (nSPS) is 10.3. The van der Waals surface area contributed by atoms with E-state index >= 15 is 0 Å². The number of halogens is 2. The zero-order valence-corrected chi connectivity index (χ0v) is 10.3. The standard InChI is InChI=1S/C3H6.2BrH.2Mg.2H/c1-2-3-1;;;;;;/h1-3H2;2*1H;;;;/q;;;2*+2;2*-1/p-2. The molecule has 0 aromatic carbocycles. The minimum atomic E-state index is 0. The van der Waals surface area contributed by atoms with Crippen LogP contribution in [0.5, 0.6) is 0 Å². The van der Waals surface area contributed by atoms with Crippen LogP contribution in [0.2, 0.25) is 0 Å². The van der Waals surface area contributed by atoms with Crippen molar-refractivity contribution in [3.05, 3.63) is 0 Å². The van der Waals surface area contributed by atoms with Crippen molar-refractivity contribution >= 4 is 46.1 Å². The third kappa shape index (κ3) is 29.3. The molecule has 1 fully saturated rings. The van der Waals surface area contributed by atoms with Gasteiger partial charge in [0.2, 0.25) is 0 Å². The van der Waals surface area contributed by atoms with Crippen molar-refractivity contribution < 1.29 is 36.8 Å². The van der Waals surface area contributed by atoms with Gasteiger partial charge in [0.25, 0.3) is 0 Å². The minimum Gasteiger partial charge on any atom is -1.00 e. The van der Waals surface area contributed by atoms with Crippen LogP contribution in [0, 0.1) is 0 Å². The molecule has 0 atom stereocenters. The maximum absolute atomic E-state index is 1.50. The molecule has 0 aromatic rings. The summed E-state index contributed by atoms with van der Waals surface area (Å²) < 4.78 is 0. The second-order valence-electron chi connectivity index (χ2n) is 1.06. The van der Waals surface area contributed by atoms with Crippen LogP contribution in [0.1, 0.15) is 22.1 Å². The Morgan fingerprint density at radius 2 is 0.857 bits per heavy atom. The van der Waals surface area contributed by atoms with E-state index in [1.54, 1.807) is 0 Å². The molecule has 1 rings (SSSR count). The Morgan fingerprint density at radius 3 is 0.857 bits per heavy atom. The molecule has 0 aliphatic heterocycles. The second kappa shape index (κ2) is 15.8. The van der Waals surface area contributed by atoms with Crippen LogP contribution < -0.4 is 34.0 Å². The molecule has 0 nitrogen and oxygen atoms in total. The molecule has 0 spiro atoms. The van der Waals surface area contributed by atoms with Gasteiger partial charge in [0.1, 0.15) is 0 Å². The van der Waals surface area contributed by atoms with Crippen molar-refractivity contribution in [1.82, 2.24) is 0 Å². The topological polar surface area (TPSA) is 0 Å². The van der Waals surface area contributed by atoms with Crippen LogP contribution in [0.4, 0.5) is 0 Å². The molecule has 38 valence electrons. The Labute approximate surface area is 101 Å². The minimum absolute atomic E-state index is 0. The summed E-state index contributed by atoms with van der Waals surface area (Å²) in [6.45, 7) is 0. The molecule has 0 amide bonds. The third-order valence-corrected chi connectivity index (χ3v) is 0.354. The molecule has 0 bridgehead atoms. The van der Waals surface area contributed by atoms with Gasteiger partial charge in [-0.1, -0.05) is 19.3 Å². The molecule has 0 aromatic heterocycles. The van der Waals surface area contributed by atoms with Crippen LogP contribution in [0.25, 0.3) is 0 Å². The van der Waals surface area contributed by atoms with Gasteiger partial charge in [0.15, 0.2) is 0 Å². The van der Waals surface area contributed by atoms with Crippen LogP contribution in [-0.2, 0) is 0 Å². The fraction of sp³-hybridized carbons (Fsp3) is 1.00. The molecule has 0 N–H and O–H groups in total. The maximum atomic E-state index is 1.50. The first-order chi connectivity index (χ1) is 1.50. The van der Waals surface area contributed by atoms with Gasteiger partial charge in [-0.05, 0) is 0 Å². The Balaban J connectivity index is -0.00000000375. The van der Waals surface area contributed by atoms with Crippen molar-refractivity contribution in [3.63, 3.8) is 0 Å². The van der Waals surface area contributed by atoms with Gasteiger partial charge >= 0.3 is 46.1 Å². The molecular formula is C3H8Br2Mg2. The van der Waals surface area contributed by atoms with E-state index in [0.29, 0.717) is 0 Å². The van der Waals surface area contributed by atoms with Crippen molar-refractivity contribution in [2.45, 2.75) is 19.3 Å². The fourth-order valence-corrected chi connectivity index (χ4v) is 0. The van der Waals surface area contributed by atoms with Crippen LogP contribution >= 0.6 is 0 Å². The van der Waals surface area contributed by atoms with Crippen molar-refractivity contribution in [1.29, 1.82) is 0 Å². The molecule has 1 saturated carbocycles. The van der Waals surface area contributed by atoms with Crippen LogP contribution in [0.3, 0.4) is 0 Å². The molecule has 7 heavy (non-hydrogen) atoms. The predicted molar refractivity (Wildman–Crippen MR) is 27.6 cm³/mol. The Bertz CT molecular complexity index is 22.5. The SMILES string of the molecule is C1CC1.[Br-].[Br-].[H-].[H-].[Mg+2].[Mg+2]. The van der Waals surface area contributed by atoms with E-state index in [2.05, 4.69) is 0 Å². The summed E-state index contributed by atoms with van der Waals surface area (Å²) in [6.07, 6.45) is 4.50. The molecular weight excluding hydrogens is 244 g/mol. The Morgan fingerprint density at radius 1 is 0.714 bits per heavy atom. The van der Waals surface area contributed by atoms with E-state index in [-0.39, 0.29) is 82.9 Å². The van der Waals surface area contributed by atoms with E-state index in [1.807, 2.05) is 0 Å². The molecule has 0 saturated heterocycles. The average molecular weight is 253 g/mol. The van der Waals surface area contributed by atoms with Gasteiger partial charge in [-0.25, -0.2) is 0 Å². The molecule has 1 aliphatic carbocycles. The van der Waals surface area contributed by atoms with Gasteiger partial charge in [-0.3, -0.25) is 0 Å². The summed E-state index contributed by atoms with van der Waals surface area (Å²) in [5.74, 6) is 0. The molecule has 0 unspecified atom stereocenters. The van der Waals surface area contributed by atoms with Gasteiger partial charge in [-0.2, -0.15) is 0 Å². The van der Waals surface area contributed by atoms with E-state index in [1.165, 1.54) is 19.3 Å². The number of hydrogen-bond donors (Lipinski definition) is 0. The van der Waals surface area contributed by atoms with E-state index in [0.717, 1.165) is 0 Å². The molecule has 0 heterocycles. The maximum Gasteiger partial charge on any atom is 2.00 e.